The van der Waals surface area contributed by atoms with Gasteiger partial charge < -0.3 is 24.4 Å². The minimum absolute atomic E-state index is 0.0224. The number of alkyl carbamates (subject to hydrolysis) is 1. The number of hydrogen-bond acceptors (Lipinski definition) is 6. The summed E-state index contributed by atoms with van der Waals surface area (Å²) in [5, 5.41) is 2.64. The fourth-order valence-corrected chi connectivity index (χ4v) is 3.33. The number of nitrogens with one attached hydrogen (secondary N) is 1. The Kier molecular flexibility index (Phi) is 7.11. The van der Waals surface area contributed by atoms with Crippen LogP contribution in [-0.2, 0) is 19.1 Å². The van der Waals surface area contributed by atoms with E-state index in [0.717, 1.165) is 11.3 Å². The monoisotopic (exact) mass is 406 g/mol. The molecule has 29 heavy (non-hydrogen) atoms. The van der Waals surface area contributed by atoms with E-state index in [1.54, 1.807) is 32.8 Å². The van der Waals surface area contributed by atoms with Gasteiger partial charge in [-0.3, -0.25) is 9.59 Å². The van der Waals surface area contributed by atoms with Gasteiger partial charge in [-0.25, -0.2) is 4.79 Å². The molecule has 0 aromatic heterocycles. The number of likely N-dealkylation sites (tertiary alicyclic amines) is 1. The maximum atomic E-state index is 13.1. The molecule has 2 rings (SSSR count). The van der Waals surface area contributed by atoms with Gasteiger partial charge in [-0.1, -0.05) is 12.1 Å². The number of nitrogens with zero attached hydrogens (tertiary/aromatic N) is 1. The average molecular weight is 406 g/mol. The maximum absolute atomic E-state index is 13.1. The van der Waals surface area contributed by atoms with Crippen molar-refractivity contribution >= 4 is 18.0 Å². The molecule has 2 amide bonds. The first-order valence-corrected chi connectivity index (χ1v) is 9.56. The first kappa shape index (κ1) is 22.5. The van der Waals surface area contributed by atoms with E-state index in [1.807, 2.05) is 31.2 Å². The normalized spacial score (nSPS) is 20.2. The fraction of sp³-hybridized carbons (Fsp3) is 0.571. The maximum Gasteiger partial charge on any atom is 0.408 e. The van der Waals surface area contributed by atoms with Gasteiger partial charge in [-0.15, -0.1) is 0 Å². The Morgan fingerprint density at radius 1 is 1.21 bits per heavy atom. The van der Waals surface area contributed by atoms with Crippen molar-refractivity contribution in [3.63, 3.8) is 0 Å². The largest absolute Gasteiger partial charge is 0.497 e. The Morgan fingerprint density at radius 3 is 2.34 bits per heavy atom. The molecule has 3 atom stereocenters. The summed E-state index contributed by atoms with van der Waals surface area (Å²) in [5.41, 5.74) is 0.230. The van der Waals surface area contributed by atoms with Crippen LogP contribution in [0.15, 0.2) is 24.3 Å². The lowest BCUT2D eigenvalue weighted by atomic mass is 9.99. The van der Waals surface area contributed by atoms with Crippen molar-refractivity contribution in [3.05, 3.63) is 29.8 Å². The van der Waals surface area contributed by atoms with E-state index < -0.39 is 29.6 Å². The number of carbonyl (C=O) groups is 3. The first-order chi connectivity index (χ1) is 13.6. The molecule has 0 spiro atoms. The molecule has 1 aliphatic rings. The van der Waals surface area contributed by atoms with Gasteiger partial charge >= 0.3 is 12.1 Å². The van der Waals surface area contributed by atoms with Crippen LogP contribution < -0.4 is 10.1 Å². The van der Waals surface area contributed by atoms with Crippen molar-refractivity contribution in [2.75, 3.05) is 20.8 Å². The predicted octanol–water partition coefficient (Wildman–Crippen LogP) is 2.67. The van der Waals surface area contributed by atoms with Crippen molar-refractivity contribution in [2.24, 2.45) is 5.92 Å². The van der Waals surface area contributed by atoms with Crippen molar-refractivity contribution in [3.8, 4) is 5.75 Å². The summed E-state index contributed by atoms with van der Waals surface area (Å²) < 4.78 is 15.2. The van der Waals surface area contributed by atoms with Crippen LogP contribution in [0.4, 0.5) is 4.79 Å². The van der Waals surface area contributed by atoms with Gasteiger partial charge in [0.05, 0.1) is 26.7 Å². The zero-order valence-electron chi connectivity index (χ0n) is 17.9. The molecule has 1 saturated heterocycles. The standard InChI is InChI=1S/C21H30N2O6/c1-13(14-7-9-16(27-5)10-8-14)23-12-15(11-17(24)28-6)18(19(23)25)22-20(26)29-21(2,3)4/h7-10,13,15,18H,11-12H2,1-6H3,(H,22,26)/t13-,15+,18-/m0/s1. The van der Waals surface area contributed by atoms with Crippen LogP contribution in [0.2, 0.25) is 0 Å². The number of carbonyl (C=O) groups excluding carboxylic acids is 3. The Labute approximate surface area is 171 Å². The first-order valence-electron chi connectivity index (χ1n) is 9.56. The highest BCUT2D eigenvalue weighted by Gasteiger charge is 2.44. The Bertz CT molecular complexity index is 741. The molecule has 0 bridgehead atoms. The van der Waals surface area contributed by atoms with Gasteiger partial charge in [-0.2, -0.15) is 0 Å². The molecule has 8 heteroatoms. The second-order valence-electron chi connectivity index (χ2n) is 8.10. The van der Waals surface area contributed by atoms with Gasteiger partial charge in [0.1, 0.15) is 17.4 Å². The molecule has 1 heterocycles. The summed E-state index contributed by atoms with van der Waals surface area (Å²) in [4.78, 5) is 38.9. The molecule has 1 fully saturated rings. The van der Waals surface area contributed by atoms with Crippen LogP contribution in [0.5, 0.6) is 5.75 Å². The van der Waals surface area contributed by atoms with E-state index in [2.05, 4.69) is 5.32 Å². The van der Waals surface area contributed by atoms with Gasteiger partial charge in [0.2, 0.25) is 5.91 Å². The number of ether oxygens (including phenoxy) is 3. The quantitative estimate of drug-likeness (QED) is 0.730. The molecule has 0 radical (unpaired) electrons. The van der Waals surface area contributed by atoms with Crippen molar-refractivity contribution < 1.29 is 28.6 Å². The van der Waals surface area contributed by atoms with Gasteiger partial charge in [0, 0.05) is 12.5 Å². The zero-order chi connectivity index (χ0) is 21.8. The predicted molar refractivity (Wildman–Crippen MR) is 106 cm³/mol. The van der Waals surface area contributed by atoms with E-state index in [4.69, 9.17) is 14.2 Å². The molecular formula is C21H30N2O6. The van der Waals surface area contributed by atoms with Crippen molar-refractivity contribution in [2.45, 2.75) is 51.8 Å². The van der Waals surface area contributed by atoms with E-state index in [-0.39, 0.29) is 18.4 Å². The third-order valence-corrected chi connectivity index (χ3v) is 4.85. The van der Waals surface area contributed by atoms with E-state index >= 15 is 0 Å². The average Bonchev–Trinajstić information content (AvgIpc) is 2.95. The van der Waals surface area contributed by atoms with Gasteiger partial charge in [0.25, 0.3) is 0 Å². The highest BCUT2D eigenvalue weighted by Crippen LogP contribution is 2.31. The van der Waals surface area contributed by atoms with Crippen LogP contribution in [-0.4, -0.2) is 55.3 Å². The smallest absolute Gasteiger partial charge is 0.408 e. The molecule has 8 nitrogen and oxygen atoms in total. The third-order valence-electron chi connectivity index (χ3n) is 4.85. The molecule has 1 N–H and O–H groups in total. The van der Waals surface area contributed by atoms with Gasteiger partial charge in [0.15, 0.2) is 0 Å². The van der Waals surface area contributed by atoms with E-state index in [1.165, 1.54) is 7.11 Å². The minimum atomic E-state index is -0.857. The highest BCUT2D eigenvalue weighted by molar-refractivity contribution is 5.89. The molecule has 160 valence electrons. The van der Waals surface area contributed by atoms with E-state index in [0.29, 0.717) is 6.54 Å². The van der Waals surface area contributed by atoms with Crippen LogP contribution in [0.3, 0.4) is 0 Å². The van der Waals surface area contributed by atoms with Gasteiger partial charge in [-0.05, 0) is 45.4 Å². The summed E-state index contributed by atoms with van der Waals surface area (Å²) in [5.74, 6) is -0.379. The number of hydrogen-bond donors (Lipinski definition) is 1. The number of methoxy groups -OCH3 is 2. The molecular weight excluding hydrogens is 376 g/mol. The summed E-state index contributed by atoms with van der Waals surface area (Å²) >= 11 is 0. The lowest BCUT2D eigenvalue weighted by Crippen LogP contribution is -2.46. The number of amides is 2. The van der Waals surface area contributed by atoms with Crippen LogP contribution in [0.25, 0.3) is 0 Å². The molecule has 0 aliphatic carbocycles. The minimum Gasteiger partial charge on any atom is -0.497 e. The SMILES string of the molecule is COC(=O)C[C@@H]1CN([C@@H](C)c2ccc(OC)cc2)C(=O)[C@H]1NC(=O)OC(C)(C)C. The fourth-order valence-electron chi connectivity index (χ4n) is 3.33. The number of rotatable bonds is 6. The van der Waals surface area contributed by atoms with Crippen molar-refractivity contribution in [1.82, 2.24) is 10.2 Å². The summed E-state index contributed by atoms with van der Waals surface area (Å²) in [6.45, 7) is 7.46. The molecule has 0 unspecified atom stereocenters. The lowest BCUT2D eigenvalue weighted by Gasteiger charge is -2.26. The summed E-state index contributed by atoms with van der Waals surface area (Å²) in [6.07, 6.45) is -0.668. The zero-order valence-corrected chi connectivity index (χ0v) is 17.9. The second-order valence-corrected chi connectivity index (χ2v) is 8.10. The van der Waals surface area contributed by atoms with Crippen LogP contribution in [0, 0.1) is 5.92 Å². The molecule has 1 aromatic carbocycles. The number of esters is 1. The Hall–Kier alpha value is -2.77. The molecule has 1 aromatic rings. The molecule has 0 saturated carbocycles. The Balaban J connectivity index is 2.20. The topological polar surface area (TPSA) is 94.2 Å². The Morgan fingerprint density at radius 2 is 1.83 bits per heavy atom. The van der Waals surface area contributed by atoms with Crippen LogP contribution in [0.1, 0.15) is 45.7 Å². The van der Waals surface area contributed by atoms with E-state index in [9.17, 15) is 14.4 Å². The molecule has 1 aliphatic heterocycles. The van der Waals surface area contributed by atoms with Crippen molar-refractivity contribution in [1.29, 1.82) is 0 Å². The summed E-state index contributed by atoms with van der Waals surface area (Å²) in [6, 6.07) is 6.34. The summed E-state index contributed by atoms with van der Waals surface area (Å²) in [7, 11) is 2.89. The highest BCUT2D eigenvalue weighted by atomic mass is 16.6. The lowest BCUT2D eigenvalue weighted by molar-refractivity contribution is -0.141. The van der Waals surface area contributed by atoms with Crippen LogP contribution >= 0.6 is 0 Å². The number of benzene rings is 1. The second kappa shape index (κ2) is 9.15. The third kappa shape index (κ3) is 5.85.